The molecule has 0 aliphatic heterocycles. The summed E-state index contributed by atoms with van der Waals surface area (Å²) in [6.45, 7) is 0.568. The van der Waals surface area contributed by atoms with Crippen LogP contribution in [0.1, 0.15) is 68.0 Å². The predicted octanol–water partition coefficient (Wildman–Crippen LogP) is 4.95. The van der Waals surface area contributed by atoms with Gasteiger partial charge in [0.15, 0.2) is 0 Å². The second-order valence-electron chi connectivity index (χ2n) is 8.72. The van der Waals surface area contributed by atoms with E-state index in [4.69, 9.17) is 9.47 Å². The van der Waals surface area contributed by atoms with Crippen LogP contribution in [0, 0.1) is 17.7 Å². The fourth-order valence-electron chi connectivity index (χ4n) is 4.62. The van der Waals surface area contributed by atoms with Gasteiger partial charge in [0.25, 0.3) is 0 Å². The van der Waals surface area contributed by atoms with E-state index in [1.807, 2.05) is 18.2 Å². The van der Waals surface area contributed by atoms with Crippen molar-refractivity contribution in [3.8, 4) is 11.8 Å². The smallest absolute Gasteiger partial charge is 0.304 e. The Bertz CT molecular complexity index is 910. The Labute approximate surface area is 181 Å². The Hall–Kier alpha value is -2.70. The lowest BCUT2D eigenvalue weighted by molar-refractivity contribution is -0.137. The third kappa shape index (κ3) is 5.51. The quantitative estimate of drug-likeness (QED) is 0.609. The molecule has 166 valence electrons. The van der Waals surface area contributed by atoms with Gasteiger partial charge in [-0.05, 0) is 67.9 Å². The lowest BCUT2D eigenvalue weighted by Crippen LogP contribution is -2.20. The molecule has 0 radical (unpaired) electrons. The van der Waals surface area contributed by atoms with E-state index in [1.54, 1.807) is 6.07 Å². The molecule has 2 saturated carbocycles. The van der Waals surface area contributed by atoms with E-state index >= 15 is 0 Å². The summed E-state index contributed by atoms with van der Waals surface area (Å²) in [7, 11) is 1.54. The Morgan fingerprint density at radius 2 is 1.97 bits per heavy atom. The molecule has 1 atom stereocenters. The first-order valence-electron chi connectivity index (χ1n) is 11.0. The van der Waals surface area contributed by atoms with E-state index in [9.17, 15) is 14.3 Å². The summed E-state index contributed by atoms with van der Waals surface area (Å²) in [5, 5.41) is 9.22. The number of carboxylic acids is 1. The highest BCUT2D eigenvalue weighted by molar-refractivity contribution is 5.68. The van der Waals surface area contributed by atoms with Crippen molar-refractivity contribution in [3.05, 3.63) is 47.5 Å². The van der Waals surface area contributed by atoms with Crippen LogP contribution in [0.2, 0.25) is 0 Å². The second-order valence-corrected chi connectivity index (χ2v) is 8.72. The van der Waals surface area contributed by atoms with E-state index in [2.05, 4.69) is 9.97 Å². The highest BCUT2D eigenvalue weighted by Gasteiger charge is 2.35. The number of aromatic nitrogens is 2. The summed E-state index contributed by atoms with van der Waals surface area (Å²) in [6, 6.07) is 7.34. The topological polar surface area (TPSA) is 81.5 Å². The normalized spacial score (nSPS) is 22.0. The van der Waals surface area contributed by atoms with Gasteiger partial charge in [-0.15, -0.1) is 0 Å². The van der Waals surface area contributed by atoms with Crippen LogP contribution in [0.4, 0.5) is 4.39 Å². The molecule has 6 nitrogen and oxygen atoms in total. The number of carboxylic acid groups (broad SMARTS) is 1. The van der Waals surface area contributed by atoms with E-state index < -0.39 is 5.97 Å². The van der Waals surface area contributed by atoms with Gasteiger partial charge >= 0.3 is 5.97 Å². The molecule has 1 N–H and O–H groups in total. The number of carbonyl (C=O) groups is 1. The van der Waals surface area contributed by atoms with Crippen LogP contribution in [-0.4, -0.2) is 34.8 Å². The minimum atomic E-state index is -0.787. The summed E-state index contributed by atoms with van der Waals surface area (Å²) in [4.78, 5) is 19.8. The van der Waals surface area contributed by atoms with E-state index in [1.165, 1.54) is 13.3 Å². The summed E-state index contributed by atoms with van der Waals surface area (Å²) in [5.74, 6) is 0.890. The Morgan fingerprint density at radius 1 is 1.19 bits per heavy atom. The summed E-state index contributed by atoms with van der Waals surface area (Å²) >= 11 is 0. The summed E-state index contributed by atoms with van der Waals surface area (Å²) in [5.41, 5.74) is 1.50. The van der Waals surface area contributed by atoms with Gasteiger partial charge in [0, 0.05) is 23.7 Å². The zero-order valence-electron chi connectivity index (χ0n) is 17.8. The Balaban J connectivity index is 1.31. The maximum Gasteiger partial charge on any atom is 0.304 e. The molecule has 7 heteroatoms. The molecule has 2 heterocycles. The first-order valence-corrected chi connectivity index (χ1v) is 11.0. The van der Waals surface area contributed by atoms with Gasteiger partial charge in [-0.25, -0.2) is 14.4 Å². The van der Waals surface area contributed by atoms with Crippen molar-refractivity contribution in [2.24, 2.45) is 11.8 Å². The number of ether oxygens (including phenoxy) is 2. The number of hydrogen-bond donors (Lipinski definition) is 1. The number of hydrogen-bond acceptors (Lipinski definition) is 5. The molecule has 1 unspecified atom stereocenters. The van der Waals surface area contributed by atoms with Crippen molar-refractivity contribution in [2.75, 3.05) is 13.7 Å². The molecule has 2 fully saturated rings. The van der Waals surface area contributed by atoms with Gasteiger partial charge in [-0.3, -0.25) is 4.79 Å². The first-order chi connectivity index (χ1) is 15.0. The minimum absolute atomic E-state index is 0.0382. The Morgan fingerprint density at radius 3 is 2.65 bits per heavy atom. The molecule has 2 aliphatic carbocycles. The largest absolute Gasteiger partial charge is 0.481 e. The number of methoxy groups -OCH3 is 1. The van der Waals surface area contributed by atoms with Crippen LogP contribution < -0.4 is 9.47 Å². The van der Waals surface area contributed by atoms with Crippen molar-refractivity contribution in [3.63, 3.8) is 0 Å². The fourth-order valence-corrected chi connectivity index (χ4v) is 4.62. The molecule has 0 bridgehead atoms. The maximum atomic E-state index is 14.2. The zero-order chi connectivity index (χ0) is 21.8. The third-order valence-electron chi connectivity index (χ3n) is 6.53. The van der Waals surface area contributed by atoms with Gasteiger partial charge in [0.05, 0.1) is 26.3 Å². The van der Waals surface area contributed by atoms with E-state index in [0.29, 0.717) is 35.8 Å². The molecule has 2 aromatic rings. The second kappa shape index (κ2) is 9.62. The van der Waals surface area contributed by atoms with Crippen molar-refractivity contribution < 1.29 is 23.8 Å². The molecule has 0 amide bonds. The molecule has 0 saturated heterocycles. The average Bonchev–Trinajstić information content (AvgIpc) is 3.62. The van der Waals surface area contributed by atoms with Gasteiger partial charge < -0.3 is 14.6 Å². The lowest BCUT2D eigenvalue weighted by atomic mass is 9.79. The van der Waals surface area contributed by atoms with Crippen LogP contribution in [0.15, 0.2) is 30.5 Å². The van der Waals surface area contributed by atoms with Gasteiger partial charge in [-0.2, -0.15) is 0 Å². The monoisotopic (exact) mass is 428 g/mol. The maximum absolute atomic E-state index is 14.2. The summed E-state index contributed by atoms with van der Waals surface area (Å²) < 4.78 is 25.3. The van der Waals surface area contributed by atoms with Crippen LogP contribution >= 0.6 is 0 Å². The minimum Gasteiger partial charge on any atom is -0.481 e. The highest BCUT2D eigenvalue weighted by atomic mass is 19.1. The predicted molar refractivity (Wildman–Crippen MR) is 113 cm³/mol. The fraction of sp³-hybridized carbons (Fsp3) is 0.542. The van der Waals surface area contributed by atoms with Crippen molar-refractivity contribution in [2.45, 2.75) is 56.8 Å². The van der Waals surface area contributed by atoms with Crippen LogP contribution in [0.5, 0.6) is 11.8 Å². The van der Waals surface area contributed by atoms with Crippen molar-refractivity contribution in [1.82, 2.24) is 9.97 Å². The number of nitrogens with zero attached hydrogens (tertiary/aromatic N) is 2. The van der Waals surface area contributed by atoms with Gasteiger partial charge in [-0.1, -0.05) is 6.07 Å². The third-order valence-corrected chi connectivity index (χ3v) is 6.53. The molecule has 4 rings (SSSR count). The van der Waals surface area contributed by atoms with Gasteiger partial charge in [0.2, 0.25) is 11.8 Å². The number of halogens is 1. The molecule has 31 heavy (non-hydrogen) atoms. The zero-order valence-corrected chi connectivity index (χ0v) is 17.8. The van der Waals surface area contributed by atoms with Gasteiger partial charge in [0.1, 0.15) is 5.82 Å². The lowest BCUT2D eigenvalue weighted by Gasteiger charge is -2.29. The SMILES string of the molecule is COc1cc([C@H]2CC[C@@H](COc3cccc(C(CC(=O)O)C4CC4)n3)CC2)c(F)cn1. The van der Waals surface area contributed by atoms with Crippen molar-refractivity contribution in [1.29, 1.82) is 0 Å². The number of aliphatic carboxylic acids is 1. The molecular weight excluding hydrogens is 399 g/mol. The molecule has 2 aromatic heterocycles. The molecule has 0 spiro atoms. The first kappa shape index (κ1) is 21.5. The highest BCUT2D eigenvalue weighted by Crippen LogP contribution is 2.44. The average molecular weight is 429 g/mol. The molecule has 0 aromatic carbocycles. The van der Waals surface area contributed by atoms with E-state index in [-0.39, 0.29) is 24.1 Å². The van der Waals surface area contributed by atoms with Crippen LogP contribution in [-0.2, 0) is 4.79 Å². The van der Waals surface area contributed by atoms with E-state index in [0.717, 1.165) is 44.2 Å². The van der Waals surface area contributed by atoms with Crippen LogP contribution in [0.3, 0.4) is 0 Å². The van der Waals surface area contributed by atoms with Crippen molar-refractivity contribution >= 4 is 5.97 Å². The van der Waals surface area contributed by atoms with Crippen LogP contribution in [0.25, 0.3) is 0 Å². The summed E-state index contributed by atoms with van der Waals surface area (Å²) in [6.07, 6.45) is 7.19. The standard InChI is InChI=1S/C24H29FN2O4/c1-30-23-11-18(20(25)13-26-23)16-7-5-15(6-8-16)14-31-22-4-2-3-21(27-22)19(12-24(28)29)17-9-10-17/h2-4,11,13,15-17,19H,5-10,12,14H2,1H3,(H,28,29)/t15-,16+,19?. The molecular formula is C24H29FN2O4. The molecule has 2 aliphatic rings. The Kier molecular flexibility index (Phi) is 6.68. The number of pyridine rings is 2. The number of rotatable bonds is 9.